The van der Waals surface area contributed by atoms with Crippen LogP contribution in [0.5, 0.6) is 0 Å². The second-order valence-corrected chi connectivity index (χ2v) is 5.80. The third kappa shape index (κ3) is 3.27. The molecule has 4 heteroatoms. The summed E-state index contributed by atoms with van der Waals surface area (Å²) in [6.07, 6.45) is 0. The molecule has 1 N–H and O–H groups in total. The van der Waals surface area contributed by atoms with Crippen LogP contribution in [0.25, 0.3) is 0 Å². The number of piperazine rings is 1. The van der Waals surface area contributed by atoms with Crippen molar-refractivity contribution in [2.45, 2.75) is 38.9 Å². The fraction of sp³-hybridized carbons (Fsp3) is 0.571. The van der Waals surface area contributed by atoms with Crippen molar-refractivity contribution in [3.63, 3.8) is 0 Å². The molecule has 0 radical (unpaired) electrons. The van der Waals surface area contributed by atoms with Crippen LogP contribution in [0.2, 0.25) is 0 Å². The van der Waals surface area contributed by atoms with Gasteiger partial charge in [-0.25, -0.2) is 8.78 Å². The van der Waals surface area contributed by atoms with Gasteiger partial charge in [-0.15, -0.1) is 0 Å². The van der Waals surface area contributed by atoms with E-state index in [-0.39, 0.29) is 5.54 Å². The van der Waals surface area contributed by atoms with Crippen molar-refractivity contribution in [2.24, 2.45) is 0 Å². The van der Waals surface area contributed by atoms with E-state index in [1.54, 1.807) is 0 Å². The van der Waals surface area contributed by atoms with Crippen molar-refractivity contribution >= 4 is 0 Å². The Morgan fingerprint density at radius 2 is 1.89 bits per heavy atom. The van der Waals surface area contributed by atoms with Gasteiger partial charge in [0.05, 0.1) is 0 Å². The highest BCUT2D eigenvalue weighted by atomic mass is 19.1. The van der Waals surface area contributed by atoms with E-state index in [2.05, 4.69) is 31.0 Å². The highest BCUT2D eigenvalue weighted by Gasteiger charge is 2.30. The van der Waals surface area contributed by atoms with Gasteiger partial charge in [-0.1, -0.05) is 0 Å². The molecule has 0 amide bonds. The van der Waals surface area contributed by atoms with E-state index in [9.17, 15) is 8.78 Å². The number of benzene rings is 1. The molecule has 1 aromatic rings. The summed E-state index contributed by atoms with van der Waals surface area (Å²) in [7, 11) is 0. The minimum absolute atomic E-state index is 0.0401. The first kappa shape index (κ1) is 13.4. The Labute approximate surface area is 107 Å². The maximum atomic E-state index is 13.2. The monoisotopic (exact) mass is 254 g/mol. The molecule has 0 aliphatic carbocycles. The average molecular weight is 254 g/mol. The fourth-order valence-corrected chi connectivity index (χ4v) is 2.42. The van der Waals surface area contributed by atoms with Crippen LogP contribution in [0.4, 0.5) is 8.78 Å². The summed E-state index contributed by atoms with van der Waals surface area (Å²) in [6, 6.07) is 4.09. The predicted octanol–water partition coefficient (Wildman–Crippen LogP) is 2.54. The summed E-state index contributed by atoms with van der Waals surface area (Å²) in [4.78, 5) is 2.25. The van der Waals surface area contributed by atoms with Gasteiger partial charge in [0.2, 0.25) is 0 Å². The Hall–Kier alpha value is -1.00. The van der Waals surface area contributed by atoms with Crippen molar-refractivity contribution in [1.82, 2.24) is 10.2 Å². The molecule has 100 valence electrons. The van der Waals surface area contributed by atoms with E-state index < -0.39 is 11.6 Å². The van der Waals surface area contributed by atoms with Gasteiger partial charge in [0.15, 0.2) is 0 Å². The lowest BCUT2D eigenvalue weighted by Gasteiger charge is -2.43. The molecule has 1 fully saturated rings. The molecule has 1 aliphatic rings. The third-order valence-corrected chi connectivity index (χ3v) is 3.41. The Bertz CT molecular complexity index is 412. The van der Waals surface area contributed by atoms with Crippen LogP contribution in [-0.2, 0) is 6.54 Å². The zero-order chi connectivity index (χ0) is 13.3. The van der Waals surface area contributed by atoms with E-state index in [0.717, 1.165) is 19.2 Å². The van der Waals surface area contributed by atoms with Gasteiger partial charge >= 0.3 is 0 Å². The van der Waals surface area contributed by atoms with Crippen LogP contribution in [0.3, 0.4) is 0 Å². The largest absolute Gasteiger partial charge is 0.309 e. The summed E-state index contributed by atoms with van der Waals surface area (Å²) in [6.45, 7) is 8.74. The summed E-state index contributed by atoms with van der Waals surface area (Å²) < 4.78 is 26.3. The smallest absolute Gasteiger partial charge is 0.126 e. The summed E-state index contributed by atoms with van der Waals surface area (Å²) in [5.74, 6) is -1.01. The topological polar surface area (TPSA) is 15.3 Å². The number of halogens is 2. The van der Waals surface area contributed by atoms with Crippen LogP contribution < -0.4 is 5.32 Å². The lowest BCUT2D eigenvalue weighted by molar-refractivity contribution is 0.0976. The zero-order valence-corrected chi connectivity index (χ0v) is 11.1. The maximum Gasteiger partial charge on any atom is 0.126 e. The molecule has 1 aromatic carbocycles. The van der Waals surface area contributed by atoms with Crippen LogP contribution in [0.15, 0.2) is 18.2 Å². The van der Waals surface area contributed by atoms with Gasteiger partial charge in [0, 0.05) is 37.3 Å². The van der Waals surface area contributed by atoms with E-state index in [1.807, 2.05) is 0 Å². The lowest BCUT2D eigenvalue weighted by Crippen LogP contribution is -2.60. The summed E-state index contributed by atoms with van der Waals surface area (Å²) >= 11 is 0. The first-order valence-electron chi connectivity index (χ1n) is 6.30. The normalized spacial score (nSPS) is 24.2. The quantitative estimate of drug-likeness (QED) is 0.872. The first-order valence-corrected chi connectivity index (χ1v) is 6.30. The van der Waals surface area contributed by atoms with E-state index in [4.69, 9.17) is 0 Å². The van der Waals surface area contributed by atoms with Crippen LogP contribution >= 0.6 is 0 Å². The second kappa shape index (κ2) is 4.94. The molecule has 1 saturated heterocycles. The van der Waals surface area contributed by atoms with Gasteiger partial charge in [-0.2, -0.15) is 0 Å². The van der Waals surface area contributed by atoms with Gasteiger partial charge < -0.3 is 5.32 Å². The molecule has 0 saturated carbocycles. The summed E-state index contributed by atoms with van der Waals surface area (Å²) in [5, 5.41) is 3.46. The van der Waals surface area contributed by atoms with Crippen LogP contribution in [0, 0.1) is 11.6 Å². The van der Waals surface area contributed by atoms with Gasteiger partial charge in [-0.05, 0) is 38.5 Å². The second-order valence-electron chi connectivity index (χ2n) is 5.80. The van der Waals surface area contributed by atoms with Crippen LogP contribution in [0.1, 0.15) is 26.3 Å². The van der Waals surface area contributed by atoms with E-state index >= 15 is 0 Å². The number of rotatable bonds is 2. The lowest BCUT2D eigenvalue weighted by atomic mass is 9.98. The molecular formula is C14H20F2N2. The maximum absolute atomic E-state index is 13.2. The highest BCUT2D eigenvalue weighted by Crippen LogP contribution is 2.18. The van der Waals surface area contributed by atoms with Crippen molar-refractivity contribution in [3.05, 3.63) is 35.4 Å². The standard InChI is InChI=1S/C14H20F2N2/c1-10-7-17-14(2,3)9-18(10)8-11-4-12(15)6-13(16)5-11/h4-6,10,17H,7-9H2,1-3H3. The number of hydrogen-bond acceptors (Lipinski definition) is 2. The van der Waals surface area contributed by atoms with Crippen molar-refractivity contribution in [3.8, 4) is 0 Å². The Morgan fingerprint density at radius 1 is 1.28 bits per heavy atom. The van der Waals surface area contributed by atoms with Gasteiger partial charge in [0.1, 0.15) is 11.6 Å². The molecule has 0 spiro atoms. The molecule has 1 heterocycles. The van der Waals surface area contributed by atoms with Gasteiger partial charge in [-0.3, -0.25) is 4.90 Å². The SMILES string of the molecule is CC1CNC(C)(C)CN1Cc1cc(F)cc(F)c1. The molecular weight excluding hydrogens is 234 g/mol. The number of nitrogens with one attached hydrogen (secondary N) is 1. The average Bonchev–Trinajstić information content (AvgIpc) is 2.22. The minimum atomic E-state index is -0.507. The van der Waals surface area contributed by atoms with E-state index in [1.165, 1.54) is 12.1 Å². The highest BCUT2D eigenvalue weighted by molar-refractivity contribution is 5.18. The minimum Gasteiger partial charge on any atom is -0.309 e. The Kier molecular flexibility index (Phi) is 3.69. The fourth-order valence-electron chi connectivity index (χ4n) is 2.42. The van der Waals surface area contributed by atoms with Gasteiger partial charge in [0.25, 0.3) is 0 Å². The molecule has 18 heavy (non-hydrogen) atoms. The molecule has 0 aromatic heterocycles. The van der Waals surface area contributed by atoms with Crippen molar-refractivity contribution < 1.29 is 8.78 Å². The first-order chi connectivity index (χ1) is 8.35. The Morgan fingerprint density at radius 3 is 2.50 bits per heavy atom. The van der Waals surface area contributed by atoms with E-state index in [0.29, 0.717) is 18.2 Å². The molecule has 1 atom stereocenters. The Balaban J connectivity index is 2.12. The van der Waals surface area contributed by atoms with Crippen molar-refractivity contribution in [2.75, 3.05) is 13.1 Å². The summed E-state index contributed by atoms with van der Waals surface area (Å²) in [5.41, 5.74) is 0.732. The third-order valence-electron chi connectivity index (χ3n) is 3.41. The van der Waals surface area contributed by atoms with Crippen LogP contribution in [-0.4, -0.2) is 29.6 Å². The van der Waals surface area contributed by atoms with Crippen molar-refractivity contribution in [1.29, 1.82) is 0 Å². The molecule has 1 unspecified atom stereocenters. The predicted molar refractivity (Wildman–Crippen MR) is 68.3 cm³/mol. The molecule has 2 rings (SSSR count). The molecule has 2 nitrogen and oxygen atoms in total. The zero-order valence-electron chi connectivity index (χ0n) is 11.1. The molecule has 0 bridgehead atoms. The number of nitrogens with zero attached hydrogens (tertiary/aromatic N) is 1. The molecule has 1 aliphatic heterocycles. The number of hydrogen-bond donors (Lipinski definition) is 1.